The van der Waals surface area contributed by atoms with Crippen LogP contribution in [0.2, 0.25) is 0 Å². The van der Waals surface area contributed by atoms with Crippen LogP contribution in [-0.4, -0.2) is 53.5 Å². The number of amides is 1. The second-order valence-corrected chi connectivity index (χ2v) is 9.90. The van der Waals surface area contributed by atoms with E-state index in [0.29, 0.717) is 30.5 Å². The van der Waals surface area contributed by atoms with Crippen molar-refractivity contribution >= 4 is 22.8 Å². The Labute approximate surface area is 214 Å². The van der Waals surface area contributed by atoms with Gasteiger partial charge in [0.2, 0.25) is 0 Å². The Bertz CT molecular complexity index is 1400. The first-order valence-electron chi connectivity index (χ1n) is 11.8. The number of anilines is 1. The van der Waals surface area contributed by atoms with Crippen molar-refractivity contribution in [2.24, 2.45) is 0 Å². The average Bonchev–Trinajstić information content (AvgIpc) is 3.46. The molecular weight excluding hydrogens is 482 g/mol. The Hall–Kier alpha value is -4.00. The van der Waals surface area contributed by atoms with Gasteiger partial charge in [-0.1, -0.05) is 11.8 Å². The second kappa shape index (κ2) is 9.81. The SMILES string of the molecule is COc1cc(OC)c(F)c(C#Cc2cn(C3CCN(C(=O)OC(C)(C)C)C3)c3c(C)cnc(N)c23)c1F. The first kappa shape index (κ1) is 26.1. The van der Waals surface area contributed by atoms with Crippen LogP contribution in [0.1, 0.15) is 49.9 Å². The minimum absolute atomic E-state index is 0.0727. The van der Waals surface area contributed by atoms with Gasteiger partial charge in [-0.3, -0.25) is 0 Å². The van der Waals surface area contributed by atoms with Gasteiger partial charge >= 0.3 is 6.09 Å². The number of hydrogen-bond acceptors (Lipinski definition) is 6. The van der Waals surface area contributed by atoms with E-state index in [2.05, 4.69) is 16.8 Å². The number of nitrogen functional groups attached to an aromatic ring is 1. The second-order valence-electron chi connectivity index (χ2n) is 9.90. The largest absolute Gasteiger partial charge is 0.493 e. The molecule has 0 radical (unpaired) electrons. The highest BCUT2D eigenvalue weighted by Crippen LogP contribution is 2.35. The number of nitrogens with zero attached hydrogens (tertiary/aromatic N) is 3. The Morgan fingerprint density at radius 1 is 1.16 bits per heavy atom. The Morgan fingerprint density at radius 3 is 2.41 bits per heavy atom. The highest BCUT2D eigenvalue weighted by Gasteiger charge is 2.32. The molecule has 3 aromatic rings. The zero-order valence-electron chi connectivity index (χ0n) is 21.7. The van der Waals surface area contributed by atoms with Crippen molar-refractivity contribution < 1.29 is 27.8 Å². The fraction of sp³-hybridized carbons (Fsp3) is 0.407. The number of carbonyl (C=O) groups excluding carboxylic acids is 1. The van der Waals surface area contributed by atoms with Crippen molar-refractivity contribution in [3.63, 3.8) is 0 Å². The Balaban J connectivity index is 1.78. The van der Waals surface area contributed by atoms with E-state index in [1.807, 2.05) is 32.3 Å². The molecule has 1 aliphatic rings. The van der Waals surface area contributed by atoms with Crippen molar-refractivity contribution in [3.05, 3.63) is 46.8 Å². The molecule has 3 heterocycles. The number of likely N-dealkylation sites (tertiary alicyclic amines) is 1. The molecule has 10 heteroatoms. The maximum atomic E-state index is 14.9. The topological polar surface area (TPSA) is 91.8 Å². The maximum absolute atomic E-state index is 14.9. The van der Waals surface area contributed by atoms with Gasteiger partial charge in [-0.25, -0.2) is 18.6 Å². The average molecular weight is 513 g/mol. The number of pyridine rings is 1. The van der Waals surface area contributed by atoms with Crippen molar-refractivity contribution in [3.8, 4) is 23.3 Å². The number of carbonyl (C=O) groups is 1. The molecule has 0 saturated carbocycles. The molecule has 2 N–H and O–H groups in total. The van der Waals surface area contributed by atoms with Crippen LogP contribution in [0.4, 0.5) is 19.4 Å². The van der Waals surface area contributed by atoms with E-state index in [1.165, 1.54) is 14.2 Å². The van der Waals surface area contributed by atoms with Crippen molar-refractivity contribution in [1.82, 2.24) is 14.5 Å². The molecular formula is C27H30F2N4O4. The van der Waals surface area contributed by atoms with Crippen LogP contribution in [0.25, 0.3) is 10.9 Å². The molecule has 0 bridgehead atoms. The minimum atomic E-state index is -0.928. The van der Waals surface area contributed by atoms with Crippen molar-refractivity contribution in [2.45, 2.75) is 45.8 Å². The zero-order chi connectivity index (χ0) is 27.1. The number of benzene rings is 1. The number of halogens is 2. The van der Waals surface area contributed by atoms with Crippen molar-refractivity contribution in [2.75, 3.05) is 33.0 Å². The van der Waals surface area contributed by atoms with Gasteiger partial charge in [0.15, 0.2) is 23.1 Å². The predicted octanol–water partition coefficient (Wildman–Crippen LogP) is 4.80. The summed E-state index contributed by atoms with van der Waals surface area (Å²) in [6.07, 6.45) is 3.77. The van der Waals surface area contributed by atoms with Crippen LogP contribution in [-0.2, 0) is 4.74 Å². The first-order valence-corrected chi connectivity index (χ1v) is 11.8. The summed E-state index contributed by atoms with van der Waals surface area (Å²) in [5.74, 6) is 3.50. The van der Waals surface area contributed by atoms with Gasteiger partial charge in [0, 0.05) is 31.5 Å². The number of rotatable bonds is 3. The van der Waals surface area contributed by atoms with Crippen LogP contribution in [0, 0.1) is 30.4 Å². The van der Waals surface area contributed by atoms with E-state index in [1.54, 1.807) is 17.3 Å². The number of ether oxygens (including phenoxy) is 3. The van der Waals surface area contributed by atoms with E-state index >= 15 is 0 Å². The summed E-state index contributed by atoms with van der Waals surface area (Å²) in [5.41, 5.74) is 7.28. The molecule has 37 heavy (non-hydrogen) atoms. The van der Waals surface area contributed by atoms with Gasteiger partial charge in [-0.05, 0) is 39.7 Å². The van der Waals surface area contributed by atoms with Gasteiger partial charge in [0.25, 0.3) is 0 Å². The summed E-state index contributed by atoms with van der Waals surface area (Å²) >= 11 is 0. The van der Waals surface area contributed by atoms with Gasteiger partial charge < -0.3 is 29.4 Å². The molecule has 1 saturated heterocycles. The molecule has 4 rings (SSSR count). The summed E-state index contributed by atoms with van der Waals surface area (Å²) in [6.45, 7) is 8.33. The van der Waals surface area contributed by atoms with E-state index in [4.69, 9.17) is 19.9 Å². The fourth-order valence-electron chi connectivity index (χ4n) is 4.45. The monoisotopic (exact) mass is 512 g/mol. The van der Waals surface area contributed by atoms with E-state index in [0.717, 1.165) is 17.1 Å². The van der Waals surface area contributed by atoms with Gasteiger partial charge in [-0.15, -0.1) is 0 Å². The van der Waals surface area contributed by atoms with Crippen LogP contribution < -0.4 is 15.2 Å². The lowest BCUT2D eigenvalue weighted by molar-refractivity contribution is 0.0289. The molecule has 2 aromatic heterocycles. The molecule has 0 aliphatic carbocycles. The minimum Gasteiger partial charge on any atom is -0.493 e. The molecule has 1 fully saturated rings. The fourth-order valence-corrected chi connectivity index (χ4v) is 4.45. The lowest BCUT2D eigenvalue weighted by atomic mass is 10.1. The zero-order valence-corrected chi connectivity index (χ0v) is 21.7. The number of aryl methyl sites for hydroxylation is 1. The summed E-state index contributed by atoms with van der Waals surface area (Å²) in [4.78, 5) is 18.5. The summed E-state index contributed by atoms with van der Waals surface area (Å²) in [5, 5.41) is 0.582. The lowest BCUT2D eigenvalue weighted by Gasteiger charge is -2.24. The number of nitrogens with two attached hydrogens (primary N) is 1. The number of hydrogen-bond donors (Lipinski definition) is 1. The molecule has 196 valence electrons. The smallest absolute Gasteiger partial charge is 0.410 e. The molecule has 1 atom stereocenters. The standard InChI is InChI=1S/C27H30F2N4O4/c1-15-12-31-25(30)21-16(7-8-18-22(28)19(35-5)11-20(36-6)23(18)29)13-33(24(15)21)17-9-10-32(14-17)26(34)37-27(2,3)4/h11-13,17H,9-10,14H2,1-6H3,(H2,30,31). The number of fused-ring (bicyclic) bond motifs is 1. The first-order chi connectivity index (χ1) is 17.4. The maximum Gasteiger partial charge on any atom is 0.410 e. The van der Waals surface area contributed by atoms with Crippen LogP contribution in [0.15, 0.2) is 18.5 Å². The van der Waals surface area contributed by atoms with Crippen molar-refractivity contribution in [1.29, 1.82) is 0 Å². The van der Waals surface area contributed by atoms with Crippen LogP contribution >= 0.6 is 0 Å². The third-order valence-corrected chi connectivity index (χ3v) is 6.16. The van der Waals surface area contributed by atoms with Gasteiger partial charge in [0.05, 0.1) is 36.7 Å². The van der Waals surface area contributed by atoms with E-state index < -0.39 is 22.8 Å². The van der Waals surface area contributed by atoms with Gasteiger partial charge in [-0.2, -0.15) is 0 Å². The number of aromatic nitrogens is 2. The molecule has 0 spiro atoms. The molecule has 1 amide bonds. The highest BCUT2D eigenvalue weighted by atomic mass is 19.1. The quantitative estimate of drug-likeness (QED) is 0.507. The molecule has 1 unspecified atom stereocenters. The molecule has 8 nitrogen and oxygen atoms in total. The summed E-state index contributed by atoms with van der Waals surface area (Å²) < 4.78 is 47.3. The Kier molecular flexibility index (Phi) is 6.91. The lowest BCUT2D eigenvalue weighted by Crippen LogP contribution is -2.35. The van der Waals surface area contributed by atoms with E-state index in [-0.39, 0.29) is 29.5 Å². The molecule has 1 aromatic carbocycles. The number of methoxy groups -OCH3 is 2. The van der Waals surface area contributed by atoms with Gasteiger partial charge in [0.1, 0.15) is 17.0 Å². The molecule has 1 aliphatic heterocycles. The third kappa shape index (κ3) is 4.99. The Morgan fingerprint density at radius 2 is 1.81 bits per heavy atom. The summed E-state index contributed by atoms with van der Waals surface area (Å²) in [6, 6.07) is 1.06. The highest BCUT2D eigenvalue weighted by molar-refractivity contribution is 5.96. The predicted molar refractivity (Wildman–Crippen MR) is 136 cm³/mol. The van der Waals surface area contributed by atoms with E-state index in [9.17, 15) is 13.6 Å². The third-order valence-electron chi connectivity index (χ3n) is 6.16. The van der Waals surface area contributed by atoms with Crippen LogP contribution in [0.3, 0.4) is 0 Å². The summed E-state index contributed by atoms with van der Waals surface area (Å²) in [7, 11) is 2.55. The van der Waals surface area contributed by atoms with Crippen LogP contribution in [0.5, 0.6) is 11.5 Å². The normalized spacial score (nSPS) is 15.5.